The summed E-state index contributed by atoms with van der Waals surface area (Å²) in [5.74, 6) is -0.345. The molecule has 0 unspecified atom stereocenters. The van der Waals surface area contributed by atoms with Gasteiger partial charge in [-0.05, 0) is 37.5 Å². The maximum absolute atomic E-state index is 13.3. The fourth-order valence-corrected chi connectivity index (χ4v) is 3.35. The van der Waals surface area contributed by atoms with Gasteiger partial charge in [0.15, 0.2) is 0 Å². The van der Waals surface area contributed by atoms with Crippen molar-refractivity contribution in [1.82, 2.24) is 14.7 Å². The highest BCUT2D eigenvalue weighted by Crippen LogP contribution is 2.12. The van der Waals surface area contributed by atoms with E-state index in [0.29, 0.717) is 38.3 Å². The number of carbonyl (C=O) groups excluding carboxylic acids is 2. The molecule has 6 heteroatoms. The van der Waals surface area contributed by atoms with Crippen LogP contribution in [0.25, 0.3) is 0 Å². The number of hydrogen-bond donors (Lipinski definition) is 0. The van der Waals surface area contributed by atoms with Crippen LogP contribution in [0.4, 0.5) is 4.39 Å². The van der Waals surface area contributed by atoms with Crippen molar-refractivity contribution >= 4 is 11.8 Å². The number of carbonyl (C=O) groups is 2. The van der Waals surface area contributed by atoms with Crippen molar-refractivity contribution in [2.75, 3.05) is 45.8 Å². The van der Waals surface area contributed by atoms with Crippen molar-refractivity contribution in [3.05, 3.63) is 35.6 Å². The molecule has 1 aromatic rings. The number of piperazine rings is 1. The fraction of sp³-hybridized carbons (Fsp3) is 0.556. The third-order valence-electron chi connectivity index (χ3n) is 4.80. The van der Waals surface area contributed by atoms with Gasteiger partial charge in [0.2, 0.25) is 5.91 Å². The molecule has 0 aromatic heterocycles. The van der Waals surface area contributed by atoms with Gasteiger partial charge in [0.05, 0.1) is 6.54 Å². The Morgan fingerprint density at radius 1 is 0.917 bits per heavy atom. The van der Waals surface area contributed by atoms with Crippen molar-refractivity contribution in [1.29, 1.82) is 0 Å². The molecule has 0 atom stereocenters. The van der Waals surface area contributed by atoms with E-state index >= 15 is 0 Å². The van der Waals surface area contributed by atoms with E-state index in [4.69, 9.17) is 0 Å². The zero-order chi connectivity index (χ0) is 16.9. The van der Waals surface area contributed by atoms with Crippen LogP contribution in [0.1, 0.15) is 29.6 Å². The van der Waals surface area contributed by atoms with Gasteiger partial charge < -0.3 is 9.80 Å². The number of benzene rings is 1. The average Bonchev–Trinajstić information content (AvgIpc) is 2.62. The van der Waals surface area contributed by atoms with E-state index in [2.05, 4.69) is 4.90 Å². The molecule has 2 aliphatic heterocycles. The molecule has 0 spiro atoms. The number of halogens is 1. The minimum Gasteiger partial charge on any atom is -0.342 e. The van der Waals surface area contributed by atoms with Crippen molar-refractivity contribution in [3.63, 3.8) is 0 Å². The summed E-state index contributed by atoms with van der Waals surface area (Å²) in [6, 6.07) is 5.79. The lowest BCUT2D eigenvalue weighted by Crippen LogP contribution is -2.52. The minimum atomic E-state index is -0.397. The molecule has 0 bridgehead atoms. The smallest absolute Gasteiger partial charge is 0.254 e. The molecule has 0 saturated carbocycles. The molecular formula is C18H24FN3O2. The largest absolute Gasteiger partial charge is 0.342 e. The average molecular weight is 333 g/mol. The first-order chi connectivity index (χ1) is 11.6. The number of rotatable bonds is 3. The van der Waals surface area contributed by atoms with E-state index in [9.17, 15) is 14.0 Å². The Morgan fingerprint density at radius 3 is 2.29 bits per heavy atom. The van der Waals surface area contributed by atoms with Gasteiger partial charge in [0.25, 0.3) is 5.91 Å². The first-order valence-corrected chi connectivity index (χ1v) is 8.68. The van der Waals surface area contributed by atoms with Crippen molar-refractivity contribution in [3.8, 4) is 0 Å². The molecule has 0 radical (unpaired) electrons. The van der Waals surface area contributed by atoms with Crippen LogP contribution >= 0.6 is 0 Å². The molecule has 2 aliphatic rings. The maximum Gasteiger partial charge on any atom is 0.254 e. The quantitative estimate of drug-likeness (QED) is 0.844. The molecule has 3 rings (SSSR count). The third kappa shape index (κ3) is 4.12. The van der Waals surface area contributed by atoms with E-state index in [0.717, 1.165) is 25.9 Å². The number of amides is 2. The summed E-state index contributed by atoms with van der Waals surface area (Å²) < 4.78 is 13.3. The summed E-state index contributed by atoms with van der Waals surface area (Å²) in [5, 5.41) is 0. The highest BCUT2D eigenvalue weighted by Gasteiger charge is 2.25. The zero-order valence-corrected chi connectivity index (χ0v) is 13.9. The van der Waals surface area contributed by atoms with Crippen molar-refractivity contribution in [2.24, 2.45) is 0 Å². The van der Waals surface area contributed by atoms with Crippen LogP contribution in [0.2, 0.25) is 0 Å². The molecule has 5 nitrogen and oxygen atoms in total. The van der Waals surface area contributed by atoms with Gasteiger partial charge in [-0.25, -0.2) is 4.39 Å². The normalized spacial score (nSPS) is 19.4. The Bertz CT molecular complexity index is 594. The van der Waals surface area contributed by atoms with E-state index in [-0.39, 0.29) is 11.8 Å². The Morgan fingerprint density at radius 2 is 1.62 bits per heavy atom. The summed E-state index contributed by atoms with van der Waals surface area (Å²) in [7, 11) is 0. The van der Waals surface area contributed by atoms with Crippen LogP contribution in [0.3, 0.4) is 0 Å². The molecule has 2 amide bonds. The molecule has 24 heavy (non-hydrogen) atoms. The summed E-state index contributed by atoms with van der Waals surface area (Å²) in [5.41, 5.74) is 0.382. The van der Waals surface area contributed by atoms with Crippen molar-refractivity contribution in [2.45, 2.75) is 19.3 Å². The predicted octanol–water partition coefficient (Wildman–Crippen LogP) is 1.60. The number of nitrogens with zero attached hydrogens (tertiary/aromatic N) is 3. The van der Waals surface area contributed by atoms with E-state index in [1.165, 1.54) is 18.6 Å². The molecule has 2 saturated heterocycles. The van der Waals surface area contributed by atoms with E-state index < -0.39 is 5.82 Å². The van der Waals surface area contributed by atoms with Crippen LogP contribution in [0, 0.1) is 5.82 Å². The zero-order valence-electron chi connectivity index (χ0n) is 13.9. The van der Waals surface area contributed by atoms with Gasteiger partial charge >= 0.3 is 0 Å². The van der Waals surface area contributed by atoms with E-state index in [1.807, 2.05) is 4.90 Å². The lowest BCUT2D eigenvalue weighted by Gasteiger charge is -2.36. The van der Waals surface area contributed by atoms with Gasteiger partial charge in [0.1, 0.15) is 5.82 Å². The fourth-order valence-electron chi connectivity index (χ4n) is 3.35. The van der Waals surface area contributed by atoms with Crippen LogP contribution < -0.4 is 0 Å². The topological polar surface area (TPSA) is 43.9 Å². The summed E-state index contributed by atoms with van der Waals surface area (Å²) in [6.45, 7) is 4.68. The third-order valence-corrected chi connectivity index (χ3v) is 4.80. The number of likely N-dealkylation sites (tertiary alicyclic amines) is 1. The monoisotopic (exact) mass is 333 g/mol. The van der Waals surface area contributed by atoms with Crippen LogP contribution in [0.5, 0.6) is 0 Å². The van der Waals surface area contributed by atoms with Gasteiger partial charge in [-0.3, -0.25) is 14.5 Å². The number of piperidine rings is 1. The maximum atomic E-state index is 13.3. The Kier molecular flexibility index (Phi) is 5.45. The predicted molar refractivity (Wildman–Crippen MR) is 89.2 cm³/mol. The first-order valence-electron chi connectivity index (χ1n) is 8.68. The van der Waals surface area contributed by atoms with Crippen LogP contribution in [0.15, 0.2) is 24.3 Å². The van der Waals surface area contributed by atoms with Gasteiger partial charge in [-0.15, -0.1) is 0 Å². The second-order valence-electron chi connectivity index (χ2n) is 6.52. The summed E-state index contributed by atoms with van der Waals surface area (Å²) in [6.07, 6.45) is 3.41. The van der Waals surface area contributed by atoms with Crippen LogP contribution in [-0.4, -0.2) is 72.3 Å². The molecule has 1 aromatic carbocycles. The van der Waals surface area contributed by atoms with Gasteiger partial charge in [-0.2, -0.15) is 0 Å². The van der Waals surface area contributed by atoms with Crippen molar-refractivity contribution < 1.29 is 14.0 Å². The Labute approximate surface area is 142 Å². The Hall–Kier alpha value is -1.95. The minimum absolute atomic E-state index is 0.142. The lowest BCUT2D eigenvalue weighted by atomic mass is 10.1. The van der Waals surface area contributed by atoms with Gasteiger partial charge in [-0.1, -0.05) is 6.07 Å². The molecule has 0 aliphatic carbocycles. The molecule has 0 N–H and O–H groups in total. The standard InChI is InChI=1S/C18H24FN3O2/c19-16-6-4-5-15(13-16)18(24)22-11-9-20(10-12-22)14-17(23)21-7-2-1-3-8-21/h4-6,13H,1-3,7-12,14H2. The molecule has 2 heterocycles. The summed E-state index contributed by atoms with van der Waals surface area (Å²) >= 11 is 0. The van der Waals surface area contributed by atoms with Crippen LogP contribution in [-0.2, 0) is 4.79 Å². The summed E-state index contributed by atoms with van der Waals surface area (Å²) in [4.78, 5) is 30.5. The first kappa shape index (κ1) is 16.9. The highest BCUT2D eigenvalue weighted by atomic mass is 19.1. The second-order valence-corrected chi connectivity index (χ2v) is 6.52. The molecule has 130 valence electrons. The lowest BCUT2D eigenvalue weighted by molar-refractivity contribution is -0.133. The van der Waals surface area contributed by atoms with Gasteiger partial charge in [0, 0.05) is 44.8 Å². The molecular weight excluding hydrogens is 309 g/mol. The molecule has 2 fully saturated rings. The SMILES string of the molecule is O=C(CN1CCN(C(=O)c2cccc(F)c2)CC1)N1CCCCC1. The highest BCUT2D eigenvalue weighted by molar-refractivity contribution is 5.94. The Balaban J connectivity index is 1.48. The number of hydrogen-bond acceptors (Lipinski definition) is 3. The second kappa shape index (κ2) is 7.75. The van der Waals surface area contributed by atoms with E-state index in [1.54, 1.807) is 17.0 Å².